The maximum Gasteiger partial charge on any atom is 0.411 e. The summed E-state index contributed by atoms with van der Waals surface area (Å²) < 4.78 is 8.99. The number of hydrogen-bond donors (Lipinski definition) is 0. The van der Waals surface area contributed by atoms with Gasteiger partial charge in [0.25, 0.3) is 5.56 Å². The van der Waals surface area contributed by atoms with Gasteiger partial charge in [-0.3, -0.25) is 18.9 Å². The van der Waals surface area contributed by atoms with Gasteiger partial charge in [0.15, 0.2) is 0 Å². The predicted molar refractivity (Wildman–Crippen MR) is 139 cm³/mol. The van der Waals surface area contributed by atoms with Gasteiger partial charge < -0.3 is 4.74 Å². The SMILES string of the molecule is Cn1cc2cc(-n3cnc4cc(C5=CC6CCC(C5)N6C(=O)OC(C)(C)C)ccc4c3=O)ccc2n1. The Morgan fingerprint density at radius 1 is 1.08 bits per heavy atom. The molecule has 0 radical (unpaired) electrons. The van der Waals surface area contributed by atoms with Gasteiger partial charge >= 0.3 is 6.09 Å². The number of hydrogen-bond acceptors (Lipinski definition) is 5. The molecule has 1 amide bonds. The number of benzene rings is 2. The molecule has 2 atom stereocenters. The van der Waals surface area contributed by atoms with Crippen LogP contribution in [0.4, 0.5) is 4.79 Å². The van der Waals surface area contributed by atoms with Crippen molar-refractivity contribution in [3.63, 3.8) is 0 Å². The number of nitrogens with zero attached hydrogens (tertiary/aromatic N) is 5. The molecule has 2 aromatic carbocycles. The molecule has 184 valence electrons. The van der Waals surface area contributed by atoms with E-state index in [2.05, 4.69) is 16.2 Å². The Kier molecular flexibility index (Phi) is 5.03. The highest BCUT2D eigenvalue weighted by atomic mass is 16.6. The van der Waals surface area contributed by atoms with Crippen LogP contribution >= 0.6 is 0 Å². The van der Waals surface area contributed by atoms with Crippen molar-refractivity contribution in [2.75, 3.05) is 0 Å². The zero-order chi connectivity index (χ0) is 25.2. The zero-order valence-electron chi connectivity index (χ0n) is 20.9. The summed E-state index contributed by atoms with van der Waals surface area (Å²) in [7, 11) is 1.88. The Balaban J connectivity index is 1.31. The van der Waals surface area contributed by atoms with E-state index in [4.69, 9.17) is 4.74 Å². The van der Waals surface area contributed by atoms with E-state index in [0.717, 1.165) is 41.4 Å². The first-order valence-corrected chi connectivity index (χ1v) is 12.3. The lowest BCUT2D eigenvalue weighted by atomic mass is 9.94. The van der Waals surface area contributed by atoms with Gasteiger partial charge in [-0.25, -0.2) is 9.78 Å². The molecule has 0 aliphatic carbocycles. The summed E-state index contributed by atoms with van der Waals surface area (Å²) in [6.45, 7) is 5.68. The van der Waals surface area contributed by atoms with Crippen LogP contribution in [0, 0.1) is 0 Å². The van der Waals surface area contributed by atoms with Crippen molar-refractivity contribution in [3.8, 4) is 5.69 Å². The molecule has 2 aliphatic heterocycles. The molecule has 36 heavy (non-hydrogen) atoms. The lowest BCUT2D eigenvalue weighted by Crippen LogP contribution is -2.45. The average Bonchev–Trinajstić information content (AvgIpc) is 3.32. The van der Waals surface area contributed by atoms with E-state index >= 15 is 0 Å². The predicted octanol–water partition coefficient (Wildman–Crippen LogP) is 4.83. The zero-order valence-corrected chi connectivity index (χ0v) is 20.9. The fraction of sp³-hybridized carbons (Fsp3) is 0.357. The van der Waals surface area contributed by atoms with Gasteiger partial charge in [-0.05, 0) is 81.5 Å². The standard InChI is InChI=1S/C28H29N5O3/c1-28(2,3)36-27(35)33-21-6-7-22(33)12-18(11-21)17-5-9-23-25(14-17)29-16-32(26(23)34)20-8-10-24-19(13-20)15-31(4)30-24/h5,8-11,13-16,21-22H,6-7,12H2,1-4H3. The number of carbonyl (C=O) groups excluding carboxylic acids is 1. The first-order chi connectivity index (χ1) is 17.2. The molecule has 4 aromatic rings. The number of aromatic nitrogens is 4. The van der Waals surface area contributed by atoms with Gasteiger partial charge in [0.05, 0.1) is 28.1 Å². The Hall–Kier alpha value is -3.94. The summed E-state index contributed by atoms with van der Waals surface area (Å²) in [6, 6.07) is 11.8. The van der Waals surface area contributed by atoms with Gasteiger partial charge in [-0.1, -0.05) is 12.1 Å². The molecule has 0 saturated carbocycles. The molecule has 2 aromatic heterocycles. The number of carbonyl (C=O) groups is 1. The van der Waals surface area contributed by atoms with Gasteiger partial charge in [-0.15, -0.1) is 0 Å². The third-order valence-corrected chi connectivity index (χ3v) is 7.01. The van der Waals surface area contributed by atoms with Crippen molar-refractivity contribution >= 4 is 33.5 Å². The van der Waals surface area contributed by atoms with Crippen LogP contribution in [-0.4, -0.2) is 48.0 Å². The monoisotopic (exact) mass is 483 g/mol. The quantitative estimate of drug-likeness (QED) is 0.408. The van der Waals surface area contributed by atoms with Crippen LogP contribution in [0.1, 0.15) is 45.6 Å². The molecule has 4 heterocycles. The first-order valence-electron chi connectivity index (χ1n) is 12.3. The largest absolute Gasteiger partial charge is 0.444 e. The number of aryl methyl sites for hydroxylation is 1. The van der Waals surface area contributed by atoms with Crippen LogP contribution < -0.4 is 5.56 Å². The van der Waals surface area contributed by atoms with Gasteiger partial charge in [0.2, 0.25) is 0 Å². The second-order valence-corrected chi connectivity index (χ2v) is 10.8. The number of rotatable bonds is 2. The minimum Gasteiger partial charge on any atom is -0.444 e. The second-order valence-electron chi connectivity index (χ2n) is 10.8. The fourth-order valence-electron chi connectivity index (χ4n) is 5.43. The molecule has 1 fully saturated rings. The molecule has 2 bridgehead atoms. The van der Waals surface area contributed by atoms with Gasteiger partial charge in [0, 0.05) is 24.7 Å². The molecular weight excluding hydrogens is 454 g/mol. The van der Waals surface area contributed by atoms with E-state index in [0.29, 0.717) is 10.9 Å². The first kappa shape index (κ1) is 22.5. The Morgan fingerprint density at radius 3 is 2.69 bits per heavy atom. The molecule has 0 spiro atoms. The van der Waals surface area contributed by atoms with Crippen molar-refractivity contribution in [1.82, 2.24) is 24.2 Å². The summed E-state index contributed by atoms with van der Waals surface area (Å²) in [6.07, 6.45) is 8.12. The van der Waals surface area contributed by atoms with E-state index in [1.54, 1.807) is 15.6 Å². The second kappa shape index (κ2) is 8.05. The number of amides is 1. The normalized spacial score (nSPS) is 19.7. The van der Waals surface area contributed by atoms with Crippen molar-refractivity contribution < 1.29 is 9.53 Å². The highest BCUT2D eigenvalue weighted by molar-refractivity contribution is 5.84. The molecule has 0 N–H and O–H groups in total. The van der Waals surface area contributed by atoms with E-state index in [9.17, 15) is 9.59 Å². The van der Waals surface area contributed by atoms with Crippen LogP contribution in [0.25, 0.3) is 33.1 Å². The fourth-order valence-corrected chi connectivity index (χ4v) is 5.43. The molecule has 2 unspecified atom stereocenters. The molecule has 1 saturated heterocycles. The minimum absolute atomic E-state index is 0.0349. The van der Waals surface area contributed by atoms with Crippen molar-refractivity contribution in [2.45, 2.75) is 57.7 Å². The third-order valence-electron chi connectivity index (χ3n) is 7.01. The summed E-state index contributed by atoms with van der Waals surface area (Å²) in [5.41, 5.74) is 3.92. The van der Waals surface area contributed by atoms with Crippen LogP contribution in [0.2, 0.25) is 0 Å². The van der Waals surface area contributed by atoms with Crippen LogP contribution in [0.3, 0.4) is 0 Å². The number of ether oxygens (including phenoxy) is 1. The van der Waals surface area contributed by atoms with Crippen LogP contribution in [0.15, 0.2) is 59.8 Å². The molecular formula is C28H29N5O3. The minimum atomic E-state index is -0.513. The van der Waals surface area contributed by atoms with Gasteiger partial charge in [-0.2, -0.15) is 5.10 Å². The van der Waals surface area contributed by atoms with E-state index in [-0.39, 0.29) is 23.7 Å². The Morgan fingerprint density at radius 2 is 1.92 bits per heavy atom. The number of fused-ring (bicyclic) bond motifs is 4. The van der Waals surface area contributed by atoms with E-state index in [1.165, 1.54) is 5.57 Å². The maximum atomic E-state index is 13.3. The van der Waals surface area contributed by atoms with E-state index < -0.39 is 5.60 Å². The molecule has 2 aliphatic rings. The van der Waals surface area contributed by atoms with Crippen molar-refractivity contribution in [1.29, 1.82) is 0 Å². The molecule has 6 rings (SSSR count). The third kappa shape index (κ3) is 3.86. The van der Waals surface area contributed by atoms with Crippen molar-refractivity contribution in [3.05, 3.63) is 70.9 Å². The lowest BCUT2D eigenvalue weighted by molar-refractivity contribution is 0.0175. The lowest BCUT2D eigenvalue weighted by Gasteiger charge is -2.35. The Labute approximate surface area is 208 Å². The molecule has 8 nitrogen and oxygen atoms in total. The average molecular weight is 484 g/mol. The smallest absolute Gasteiger partial charge is 0.411 e. The maximum absolute atomic E-state index is 13.3. The highest BCUT2D eigenvalue weighted by Gasteiger charge is 2.41. The Bertz CT molecular complexity index is 1610. The molecule has 8 heteroatoms. The summed E-state index contributed by atoms with van der Waals surface area (Å²) in [5, 5.41) is 5.94. The van der Waals surface area contributed by atoms with Gasteiger partial charge in [0.1, 0.15) is 11.9 Å². The van der Waals surface area contributed by atoms with Crippen LogP contribution in [0.5, 0.6) is 0 Å². The van der Waals surface area contributed by atoms with Crippen molar-refractivity contribution in [2.24, 2.45) is 7.05 Å². The van der Waals surface area contributed by atoms with Crippen LogP contribution in [-0.2, 0) is 11.8 Å². The summed E-state index contributed by atoms with van der Waals surface area (Å²) in [5.74, 6) is 0. The topological polar surface area (TPSA) is 82.3 Å². The van der Waals surface area contributed by atoms with E-state index in [1.807, 2.05) is 75.3 Å². The summed E-state index contributed by atoms with van der Waals surface area (Å²) in [4.78, 5) is 32.6. The summed E-state index contributed by atoms with van der Waals surface area (Å²) >= 11 is 0. The highest BCUT2D eigenvalue weighted by Crippen LogP contribution is 2.39.